The van der Waals surface area contributed by atoms with Crippen molar-refractivity contribution in [3.8, 4) is 0 Å². The number of carbonyl (C=O) groups excluding carboxylic acids is 3. The van der Waals surface area contributed by atoms with Gasteiger partial charge < -0.3 is 9.80 Å². The number of anilines is 1. The lowest BCUT2D eigenvalue weighted by atomic mass is 10.2. The lowest BCUT2D eigenvalue weighted by Gasteiger charge is -2.25. The van der Waals surface area contributed by atoms with E-state index >= 15 is 0 Å². The zero-order valence-corrected chi connectivity index (χ0v) is 15.7. The van der Waals surface area contributed by atoms with Crippen molar-refractivity contribution in [2.24, 2.45) is 0 Å². The second kappa shape index (κ2) is 8.08. The molecule has 0 bridgehead atoms. The van der Waals surface area contributed by atoms with E-state index in [1.165, 1.54) is 4.90 Å². The maximum Gasteiger partial charge on any atom is 0.248 e. The molecule has 1 saturated heterocycles. The summed E-state index contributed by atoms with van der Waals surface area (Å²) in [6.45, 7) is 2.33. The molecule has 0 N–H and O–H groups in total. The highest BCUT2D eigenvalue weighted by Gasteiger charge is 2.37. The highest BCUT2D eigenvalue weighted by atomic mass is 35.5. The molecule has 0 aromatic heterocycles. The smallest absolute Gasteiger partial charge is 0.248 e. The first kappa shape index (κ1) is 18.7. The molecule has 1 heterocycles. The molecule has 1 aliphatic heterocycles. The molecule has 1 aromatic rings. The average Bonchev–Trinajstić information content (AvgIpc) is 3.38. The SMILES string of the molecule is CCCCC(=O)N(CC(=O)N1CC(=O)N(c2cccc(Cl)c2)C1)C1CC1. The van der Waals surface area contributed by atoms with E-state index in [-0.39, 0.29) is 43.5 Å². The van der Waals surface area contributed by atoms with Crippen molar-refractivity contribution in [1.82, 2.24) is 9.80 Å². The molecule has 6 nitrogen and oxygen atoms in total. The molecule has 2 aliphatic rings. The molecule has 0 unspecified atom stereocenters. The van der Waals surface area contributed by atoms with Crippen molar-refractivity contribution in [2.45, 2.75) is 45.1 Å². The van der Waals surface area contributed by atoms with Crippen LogP contribution in [0.15, 0.2) is 24.3 Å². The molecule has 140 valence electrons. The van der Waals surface area contributed by atoms with Crippen molar-refractivity contribution >= 4 is 35.0 Å². The fourth-order valence-electron chi connectivity index (χ4n) is 3.11. The predicted molar refractivity (Wildman–Crippen MR) is 99.8 cm³/mol. The van der Waals surface area contributed by atoms with Crippen LogP contribution in [-0.2, 0) is 14.4 Å². The Balaban J connectivity index is 1.62. The van der Waals surface area contributed by atoms with Crippen LogP contribution < -0.4 is 4.90 Å². The first-order chi connectivity index (χ1) is 12.5. The minimum absolute atomic E-state index is 0.0347. The summed E-state index contributed by atoms with van der Waals surface area (Å²) in [5.41, 5.74) is 0.677. The Morgan fingerprint density at radius 3 is 2.73 bits per heavy atom. The zero-order chi connectivity index (χ0) is 18.7. The van der Waals surface area contributed by atoms with Crippen LogP contribution in [0.5, 0.6) is 0 Å². The molecule has 0 radical (unpaired) electrons. The summed E-state index contributed by atoms with van der Waals surface area (Å²) in [5, 5.41) is 0.543. The van der Waals surface area contributed by atoms with Crippen molar-refractivity contribution in [3.63, 3.8) is 0 Å². The van der Waals surface area contributed by atoms with Crippen LogP contribution in [0, 0.1) is 0 Å². The fraction of sp³-hybridized carbons (Fsp3) is 0.526. The predicted octanol–water partition coefficient (Wildman–Crippen LogP) is 2.65. The maximum absolute atomic E-state index is 12.7. The molecule has 26 heavy (non-hydrogen) atoms. The van der Waals surface area contributed by atoms with Gasteiger partial charge in [-0.2, -0.15) is 0 Å². The van der Waals surface area contributed by atoms with Gasteiger partial charge in [-0.15, -0.1) is 0 Å². The minimum atomic E-state index is -0.181. The van der Waals surface area contributed by atoms with Gasteiger partial charge in [0, 0.05) is 23.2 Å². The maximum atomic E-state index is 12.7. The number of benzene rings is 1. The molecule has 3 amide bonds. The largest absolute Gasteiger partial charge is 0.330 e. The number of rotatable bonds is 7. The summed E-state index contributed by atoms with van der Waals surface area (Å²) >= 11 is 5.99. The molecule has 0 spiro atoms. The van der Waals surface area contributed by atoms with E-state index < -0.39 is 0 Å². The van der Waals surface area contributed by atoms with Crippen molar-refractivity contribution in [1.29, 1.82) is 0 Å². The van der Waals surface area contributed by atoms with Crippen molar-refractivity contribution in [3.05, 3.63) is 29.3 Å². The van der Waals surface area contributed by atoms with Gasteiger partial charge >= 0.3 is 0 Å². The molecule has 1 aliphatic carbocycles. The molecular formula is C19H24ClN3O3. The number of unbranched alkanes of at least 4 members (excludes halogenated alkanes) is 1. The average molecular weight is 378 g/mol. The van der Waals surface area contributed by atoms with E-state index in [0.717, 1.165) is 25.7 Å². The van der Waals surface area contributed by atoms with Crippen LogP contribution in [0.3, 0.4) is 0 Å². The molecule has 3 rings (SSSR count). The molecular weight excluding hydrogens is 354 g/mol. The Hall–Kier alpha value is -2.08. The van der Waals surface area contributed by atoms with Gasteiger partial charge in [0.25, 0.3) is 0 Å². The quantitative estimate of drug-likeness (QED) is 0.734. The van der Waals surface area contributed by atoms with Gasteiger partial charge in [-0.3, -0.25) is 19.3 Å². The van der Waals surface area contributed by atoms with Crippen LogP contribution in [0.2, 0.25) is 5.02 Å². The first-order valence-electron chi connectivity index (χ1n) is 9.12. The van der Waals surface area contributed by atoms with Crippen LogP contribution in [0.1, 0.15) is 39.0 Å². The van der Waals surface area contributed by atoms with Gasteiger partial charge in [0.15, 0.2) is 0 Å². The highest BCUT2D eigenvalue weighted by molar-refractivity contribution is 6.31. The minimum Gasteiger partial charge on any atom is -0.330 e. The van der Waals surface area contributed by atoms with Gasteiger partial charge in [-0.1, -0.05) is 31.0 Å². The van der Waals surface area contributed by atoms with E-state index in [9.17, 15) is 14.4 Å². The van der Waals surface area contributed by atoms with Crippen LogP contribution >= 0.6 is 11.6 Å². The van der Waals surface area contributed by atoms with Crippen LogP contribution in [0.25, 0.3) is 0 Å². The zero-order valence-electron chi connectivity index (χ0n) is 15.0. The summed E-state index contributed by atoms with van der Waals surface area (Å²) in [4.78, 5) is 42.1. The summed E-state index contributed by atoms with van der Waals surface area (Å²) in [5.74, 6) is -0.282. The topological polar surface area (TPSA) is 60.9 Å². The summed E-state index contributed by atoms with van der Waals surface area (Å²) in [7, 11) is 0. The Bertz CT molecular complexity index is 705. The highest BCUT2D eigenvalue weighted by Crippen LogP contribution is 2.28. The number of carbonyl (C=O) groups is 3. The third kappa shape index (κ3) is 4.36. The number of hydrogen-bond donors (Lipinski definition) is 0. The number of halogens is 1. The van der Waals surface area contributed by atoms with Gasteiger partial charge in [0.1, 0.15) is 19.8 Å². The van der Waals surface area contributed by atoms with E-state index in [1.54, 1.807) is 34.1 Å². The fourth-order valence-corrected chi connectivity index (χ4v) is 3.29. The molecule has 0 atom stereocenters. The standard InChI is InChI=1S/C19H24ClN3O3/c1-2-3-7-17(24)22(15-8-9-15)12-18(25)21-11-19(26)23(13-21)16-6-4-5-14(20)10-16/h4-6,10,15H,2-3,7-9,11-13H2,1H3. The molecule has 7 heteroatoms. The van der Waals surface area contributed by atoms with Gasteiger partial charge in [0.05, 0.1) is 0 Å². The summed E-state index contributed by atoms with van der Waals surface area (Å²) < 4.78 is 0. The van der Waals surface area contributed by atoms with E-state index in [1.807, 2.05) is 6.92 Å². The number of amides is 3. The molecule has 1 aromatic carbocycles. The van der Waals surface area contributed by atoms with Crippen LogP contribution in [-0.4, -0.2) is 53.3 Å². The Kier molecular flexibility index (Phi) is 5.81. The van der Waals surface area contributed by atoms with E-state index in [4.69, 9.17) is 11.6 Å². The van der Waals surface area contributed by atoms with Crippen molar-refractivity contribution < 1.29 is 14.4 Å². The Labute approximate surface area is 158 Å². The third-order valence-electron chi connectivity index (χ3n) is 4.77. The summed E-state index contributed by atoms with van der Waals surface area (Å²) in [6.07, 6.45) is 4.18. The second-order valence-corrected chi connectivity index (χ2v) is 7.33. The molecule has 1 saturated carbocycles. The first-order valence-corrected chi connectivity index (χ1v) is 9.50. The van der Waals surface area contributed by atoms with Crippen molar-refractivity contribution in [2.75, 3.05) is 24.7 Å². The monoisotopic (exact) mass is 377 g/mol. The lowest BCUT2D eigenvalue weighted by Crippen LogP contribution is -2.43. The Morgan fingerprint density at radius 1 is 1.31 bits per heavy atom. The van der Waals surface area contributed by atoms with Gasteiger partial charge in [0.2, 0.25) is 17.7 Å². The third-order valence-corrected chi connectivity index (χ3v) is 5.00. The normalized spacial score (nSPS) is 16.9. The van der Waals surface area contributed by atoms with Gasteiger partial charge in [-0.25, -0.2) is 0 Å². The van der Waals surface area contributed by atoms with Gasteiger partial charge in [-0.05, 0) is 37.5 Å². The number of hydrogen-bond acceptors (Lipinski definition) is 3. The Morgan fingerprint density at radius 2 is 2.08 bits per heavy atom. The van der Waals surface area contributed by atoms with E-state index in [0.29, 0.717) is 17.1 Å². The second-order valence-electron chi connectivity index (χ2n) is 6.89. The number of nitrogens with zero attached hydrogens (tertiary/aromatic N) is 3. The summed E-state index contributed by atoms with van der Waals surface area (Å²) in [6, 6.07) is 7.20. The molecule has 2 fully saturated rings. The van der Waals surface area contributed by atoms with Crippen LogP contribution in [0.4, 0.5) is 5.69 Å². The lowest BCUT2D eigenvalue weighted by molar-refractivity contribution is -0.140. The van der Waals surface area contributed by atoms with E-state index in [2.05, 4.69) is 0 Å².